The molecule has 320 valence electrons. The molecule has 3 N–H and O–H groups in total. The van der Waals surface area contributed by atoms with Gasteiger partial charge in [0.25, 0.3) is 0 Å². The Morgan fingerprint density at radius 1 is 0.446 bits per heavy atom. The van der Waals surface area contributed by atoms with Crippen molar-refractivity contribution in [3.05, 3.63) is 97.2 Å². The number of aliphatic hydroxyl groups is 2. The molecule has 0 heterocycles. The Morgan fingerprint density at radius 2 is 0.804 bits per heavy atom. The number of allylic oxidation sites excluding steroid dienone is 15. The number of hydrogen-bond donors (Lipinski definition) is 3. The molecular formula is C52H89NO3. The summed E-state index contributed by atoms with van der Waals surface area (Å²) >= 11 is 0. The van der Waals surface area contributed by atoms with Crippen molar-refractivity contribution >= 4 is 5.91 Å². The van der Waals surface area contributed by atoms with Crippen molar-refractivity contribution < 1.29 is 15.0 Å². The second kappa shape index (κ2) is 46.7. The van der Waals surface area contributed by atoms with E-state index in [-0.39, 0.29) is 12.5 Å². The van der Waals surface area contributed by atoms with Crippen LogP contribution >= 0.6 is 0 Å². The van der Waals surface area contributed by atoms with E-state index in [1.54, 1.807) is 6.08 Å². The third kappa shape index (κ3) is 42.5. The molecular weight excluding hydrogens is 687 g/mol. The summed E-state index contributed by atoms with van der Waals surface area (Å²) in [6.45, 7) is 4.17. The summed E-state index contributed by atoms with van der Waals surface area (Å²) in [4.78, 5) is 12.4. The molecule has 0 radical (unpaired) electrons. The first-order chi connectivity index (χ1) is 27.7. The van der Waals surface area contributed by atoms with Crippen molar-refractivity contribution in [1.82, 2.24) is 5.32 Å². The Hall–Kier alpha value is -2.69. The van der Waals surface area contributed by atoms with Crippen LogP contribution in [-0.2, 0) is 4.79 Å². The van der Waals surface area contributed by atoms with Crippen LogP contribution in [0, 0.1) is 0 Å². The van der Waals surface area contributed by atoms with Gasteiger partial charge in [-0.1, -0.05) is 207 Å². The van der Waals surface area contributed by atoms with Crippen LogP contribution in [0.4, 0.5) is 0 Å². The van der Waals surface area contributed by atoms with Crippen LogP contribution in [0.3, 0.4) is 0 Å². The highest BCUT2D eigenvalue weighted by Gasteiger charge is 2.17. The SMILES string of the molecule is CC/C=C\C/C=C\C/C=C\C/C=C\C/C=C\CCCCCCCCCCCC(=O)NC(CO)C(O)/C=C/CC/C=C/CC/C=C/CCCCCCCCCCC. The molecule has 2 atom stereocenters. The van der Waals surface area contributed by atoms with Gasteiger partial charge in [0.05, 0.1) is 18.8 Å². The van der Waals surface area contributed by atoms with Gasteiger partial charge in [-0.25, -0.2) is 0 Å². The number of amides is 1. The molecule has 0 bridgehead atoms. The van der Waals surface area contributed by atoms with E-state index in [4.69, 9.17) is 0 Å². The molecule has 56 heavy (non-hydrogen) atoms. The van der Waals surface area contributed by atoms with E-state index in [9.17, 15) is 15.0 Å². The third-order valence-corrected chi connectivity index (χ3v) is 10.0. The standard InChI is InChI=1S/C52H89NO3/c1-3-5-7-9-11-13-15-17-19-21-23-24-25-26-27-28-30-32-34-36-38-40-42-44-46-48-52(56)53-50(49-54)51(55)47-45-43-41-39-37-35-33-31-29-22-20-18-16-14-12-10-8-6-4-2/h5,7,11,13,17,19,23-24,26-27,29,31,37,39,45,47,50-51,54-55H,3-4,6,8-10,12,14-16,18,20-22,25,28,30,32-36,38,40-44,46,48-49H2,1-2H3,(H,53,56)/b7-5-,13-11-,19-17-,24-23-,27-26-,31-29+,39-37+,47-45+. The smallest absolute Gasteiger partial charge is 0.220 e. The molecule has 0 aromatic rings. The summed E-state index contributed by atoms with van der Waals surface area (Å²) in [7, 11) is 0. The molecule has 0 aromatic carbocycles. The Kier molecular flexibility index (Phi) is 44.4. The van der Waals surface area contributed by atoms with Gasteiger partial charge in [-0.3, -0.25) is 4.79 Å². The highest BCUT2D eigenvalue weighted by molar-refractivity contribution is 5.76. The summed E-state index contributed by atoms with van der Waals surface area (Å²) in [5.41, 5.74) is 0. The average molecular weight is 776 g/mol. The number of hydrogen-bond acceptors (Lipinski definition) is 3. The topological polar surface area (TPSA) is 69.6 Å². The van der Waals surface area contributed by atoms with Gasteiger partial charge in [0, 0.05) is 6.42 Å². The molecule has 4 heteroatoms. The average Bonchev–Trinajstić information content (AvgIpc) is 3.20. The lowest BCUT2D eigenvalue weighted by atomic mass is 10.1. The molecule has 2 unspecified atom stereocenters. The van der Waals surface area contributed by atoms with Crippen LogP contribution in [0.25, 0.3) is 0 Å². The Balaban J connectivity index is 3.67. The van der Waals surface area contributed by atoms with Crippen molar-refractivity contribution in [3.8, 4) is 0 Å². The second-order valence-corrected chi connectivity index (χ2v) is 15.4. The number of rotatable bonds is 41. The summed E-state index contributed by atoms with van der Waals surface area (Å²) < 4.78 is 0. The van der Waals surface area contributed by atoms with Gasteiger partial charge in [0.1, 0.15) is 0 Å². The predicted octanol–water partition coefficient (Wildman–Crippen LogP) is 15.0. The monoisotopic (exact) mass is 776 g/mol. The first-order valence-corrected chi connectivity index (χ1v) is 23.5. The minimum atomic E-state index is -0.879. The van der Waals surface area contributed by atoms with Crippen molar-refractivity contribution in [3.63, 3.8) is 0 Å². The lowest BCUT2D eigenvalue weighted by Crippen LogP contribution is -2.45. The fourth-order valence-corrected chi connectivity index (χ4v) is 6.47. The van der Waals surface area contributed by atoms with Gasteiger partial charge in [0.2, 0.25) is 5.91 Å². The van der Waals surface area contributed by atoms with Crippen LogP contribution < -0.4 is 5.32 Å². The molecule has 0 aromatic heterocycles. The number of carbonyl (C=O) groups excluding carboxylic acids is 1. The Bertz CT molecular complexity index is 1060. The zero-order chi connectivity index (χ0) is 40.7. The molecule has 0 fully saturated rings. The van der Waals surface area contributed by atoms with E-state index < -0.39 is 12.1 Å². The number of carbonyl (C=O) groups is 1. The molecule has 1 amide bonds. The summed E-state index contributed by atoms with van der Waals surface area (Å²) in [6, 6.07) is -0.655. The van der Waals surface area contributed by atoms with Gasteiger partial charge in [0.15, 0.2) is 0 Å². The number of nitrogens with one attached hydrogen (secondary N) is 1. The van der Waals surface area contributed by atoms with Gasteiger partial charge < -0.3 is 15.5 Å². The number of aliphatic hydroxyl groups excluding tert-OH is 2. The highest BCUT2D eigenvalue weighted by atomic mass is 16.3. The molecule has 0 saturated heterocycles. The van der Waals surface area contributed by atoms with E-state index in [1.807, 2.05) is 6.08 Å². The molecule has 0 spiro atoms. The van der Waals surface area contributed by atoms with Crippen molar-refractivity contribution in [2.75, 3.05) is 6.61 Å². The third-order valence-electron chi connectivity index (χ3n) is 10.0. The van der Waals surface area contributed by atoms with Gasteiger partial charge in [-0.15, -0.1) is 0 Å². The lowest BCUT2D eigenvalue weighted by molar-refractivity contribution is -0.123. The normalized spacial score (nSPS) is 13.9. The fraction of sp³-hybridized carbons (Fsp3) is 0.673. The van der Waals surface area contributed by atoms with E-state index in [0.717, 1.165) is 77.0 Å². The largest absolute Gasteiger partial charge is 0.394 e. The quantitative estimate of drug-likeness (QED) is 0.0428. The maximum absolute atomic E-state index is 12.4. The summed E-state index contributed by atoms with van der Waals surface area (Å²) in [6.07, 6.45) is 69.5. The van der Waals surface area contributed by atoms with Crippen LogP contribution in [0.2, 0.25) is 0 Å². The summed E-state index contributed by atoms with van der Waals surface area (Å²) in [5.74, 6) is -0.0887. The van der Waals surface area contributed by atoms with Crippen molar-refractivity contribution in [2.24, 2.45) is 0 Å². The van der Waals surface area contributed by atoms with Crippen molar-refractivity contribution in [1.29, 1.82) is 0 Å². The van der Waals surface area contributed by atoms with Gasteiger partial charge in [-0.05, 0) is 89.9 Å². The molecule has 0 aliphatic carbocycles. The molecule has 4 nitrogen and oxygen atoms in total. The van der Waals surface area contributed by atoms with E-state index >= 15 is 0 Å². The molecule has 0 aliphatic heterocycles. The van der Waals surface area contributed by atoms with Crippen LogP contribution in [0.5, 0.6) is 0 Å². The zero-order valence-electron chi connectivity index (χ0n) is 36.6. The minimum Gasteiger partial charge on any atom is -0.394 e. The van der Waals surface area contributed by atoms with E-state index in [1.165, 1.54) is 109 Å². The van der Waals surface area contributed by atoms with Crippen LogP contribution in [-0.4, -0.2) is 34.9 Å². The maximum Gasteiger partial charge on any atom is 0.220 e. The van der Waals surface area contributed by atoms with E-state index in [2.05, 4.69) is 104 Å². The lowest BCUT2D eigenvalue weighted by Gasteiger charge is -2.19. The zero-order valence-corrected chi connectivity index (χ0v) is 36.6. The first kappa shape index (κ1) is 53.3. The predicted molar refractivity (Wildman–Crippen MR) is 248 cm³/mol. The summed E-state index contributed by atoms with van der Waals surface area (Å²) in [5, 5.41) is 23.0. The van der Waals surface area contributed by atoms with Crippen LogP contribution in [0.1, 0.15) is 206 Å². The van der Waals surface area contributed by atoms with Gasteiger partial charge in [-0.2, -0.15) is 0 Å². The maximum atomic E-state index is 12.4. The Labute approximate surface area is 347 Å². The number of unbranched alkanes of at least 4 members (excludes halogenated alkanes) is 20. The highest BCUT2D eigenvalue weighted by Crippen LogP contribution is 2.13. The molecule has 0 rings (SSSR count). The Morgan fingerprint density at radius 3 is 1.25 bits per heavy atom. The van der Waals surface area contributed by atoms with Crippen LogP contribution in [0.15, 0.2) is 97.2 Å². The second-order valence-electron chi connectivity index (χ2n) is 15.4. The van der Waals surface area contributed by atoms with Gasteiger partial charge >= 0.3 is 0 Å². The van der Waals surface area contributed by atoms with E-state index in [0.29, 0.717) is 6.42 Å². The first-order valence-electron chi connectivity index (χ1n) is 23.5. The molecule has 0 aliphatic rings. The fourth-order valence-electron chi connectivity index (χ4n) is 6.47. The molecule has 0 saturated carbocycles. The minimum absolute atomic E-state index is 0.0887. The van der Waals surface area contributed by atoms with Crippen molar-refractivity contribution in [2.45, 2.75) is 219 Å².